The lowest BCUT2D eigenvalue weighted by Crippen LogP contribution is -2.02. The summed E-state index contributed by atoms with van der Waals surface area (Å²) in [5.41, 5.74) is 6.01. The van der Waals surface area contributed by atoms with Gasteiger partial charge in [0, 0.05) is 5.92 Å². The van der Waals surface area contributed by atoms with E-state index in [1.807, 2.05) is 0 Å². The first kappa shape index (κ1) is 15.2. The first-order valence-electron chi connectivity index (χ1n) is 9.01. The SMILES string of the molecule is C[C@H](C[C@H]1C[C@@H](c2ccccc2)c2ccccc21)c1ccccc1. The molecule has 120 valence electrons. The van der Waals surface area contributed by atoms with Crippen molar-refractivity contribution in [1.82, 2.24) is 0 Å². The molecule has 0 amide bonds. The second-order valence-electron chi connectivity index (χ2n) is 7.07. The van der Waals surface area contributed by atoms with Gasteiger partial charge in [-0.05, 0) is 46.9 Å². The molecule has 0 saturated heterocycles. The number of hydrogen-bond donors (Lipinski definition) is 0. The van der Waals surface area contributed by atoms with Crippen molar-refractivity contribution in [1.29, 1.82) is 0 Å². The zero-order chi connectivity index (χ0) is 16.4. The fourth-order valence-electron chi connectivity index (χ4n) is 4.31. The molecule has 0 bridgehead atoms. The molecule has 1 aliphatic carbocycles. The Balaban J connectivity index is 1.61. The molecule has 3 atom stereocenters. The molecule has 0 radical (unpaired) electrons. The molecule has 4 rings (SSSR count). The summed E-state index contributed by atoms with van der Waals surface area (Å²) >= 11 is 0. The van der Waals surface area contributed by atoms with Crippen LogP contribution < -0.4 is 0 Å². The van der Waals surface area contributed by atoms with Crippen molar-refractivity contribution in [3.05, 3.63) is 107 Å². The third-order valence-electron chi connectivity index (χ3n) is 5.54. The van der Waals surface area contributed by atoms with Gasteiger partial charge in [0.15, 0.2) is 0 Å². The van der Waals surface area contributed by atoms with E-state index in [1.165, 1.54) is 29.5 Å². The molecule has 3 aromatic carbocycles. The van der Waals surface area contributed by atoms with Gasteiger partial charge in [0.25, 0.3) is 0 Å². The van der Waals surface area contributed by atoms with Gasteiger partial charge in [0.1, 0.15) is 0 Å². The lowest BCUT2D eigenvalue weighted by molar-refractivity contribution is 0.537. The van der Waals surface area contributed by atoms with Crippen LogP contribution in [0.25, 0.3) is 0 Å². The lowest BCUT2D eigenvalue weighted by Gasteiger charge is -2.18. The van der Waals surface area contributed by atoms with Gasteiger partial charge in [0.2, 0.25) is 0 Å². The molecule has 0 aromatic heterocycles. The summed E-state index contributed by atoms with van der Waals surface area (Å²) in [4.78, 5) is 0. The van der Waals surface area contributed by atoms with E-state index in [9.17, 15) is 0 Å². The molecular formula is C24H24. The van der Waals surface area contributed by atoms with Crippen molar-refractivity contribution in [3.8, 4) is 0 Å². The number of hydrogen-bond acceptors (Lipinski definition) is 0. The van der Waals surface area contributed by atoms with Crippen LogP contribution in [0.5, 0.6) is 0 Å². The number of benzene rings is 3. The molecule has 1 aliphatic rings. The van der Waals surface area contributed by atoms with Crippen LogP contribution in [0.3, 0.4) is 0 Å². The van der Waals surface area contributed by atoms with E-state index < -0.39 is 0 Å². The summed E-state index contributed by atoms with van der Waals surface area (Å²) < 4.78 is 0. The normalized spacial score (nSPS) is 20.5. The van der Waals surface area contributed by atoms with Gasteiger partial charge < -0.3 is 0 Å². The molecule has 0 heterocycles. The van der Waals surface area contributed by atoms with Gasteiger partial charge in [-0.2, -0.15) is 0 Å². The van der Waals surface area contributed by atoms with Crippen molar-refractivity contribution in [2.45, 2.75) is 37.5 Å². The Morgan fingerprint density at radius 3 is 2.04 bits per heavy atom. The van der Waals surface area contributed by atoms with Gasteiger partial charge in [0.05, 0.1) is 0 Å². The Labute approximate surface area is 145 Å². The van der Waals surface area contributed by atoms with Crippen LogP contribution in [0.4, 0.5) is 0 Å². The minimum atomic E-state index is 0.551. The van der Waals surface area contributed by atoms with Crippen LogP contribution in [0.1, 0.15) is 59.8 Å². The average molecular weight is 312 g/mol. The fraction of sp³-hybridized carbons (Fsp3) is 0.250. The second kappa shape index (κ2) is 6.65. The van der Waals surface area contributed by atoms with E-state index in [4.69, 9.17) is 0 Å². The van der Waals surface area contributed by atoms with Crippen LogP contribution in [0.2, 0.25) is 0 Å². The Morgan fingerprint density at radius 1 is 0.750 bits per heavy atom. The molecule has 0 unspecified atom stereocenters. The zero-order valence-corrected chi connectivity index (χ0v) is 14.2. The first-order chi connectivity index (χ1) is 11.8. The van der Waals surface area contributed by atoms with Crippen molar-refractivity contribution < 1.29 is 0 Å². The number of rotatable bonds is 4. The molecular weight excluding hydrogens is 288 g/mol. The third-order valence-corrected chi connectivity index (χ3v) is 5.54. The van der Waals surface area contributed by atoms with E-state index in [2.05, 4.69) is 91.9 Å². The molecule has 0 nitrogen and oxygen atoms in total. The van der Waals surface area contributed by atoms with Crippen molar-refractivity contribution in [3.63, 3.8) is 0 Å². The Hall–Kier alpha value is -2.34. The fourth-order valence-corrected chi connectivity index (χ4v) is 4.31. The predicted molar refractivity (Wildman–Crippen MR) is 102 cm³/mol. The van der Waals surface area contributed by atoms with Gasteiger partial charge in [-0.25, -0.2) is 0 Å². The van der Waals surface area contributed by atoms with Crippen LogP contribution >= 0.6 is 0 Å². The summed E-state index contributed by atoms with van der Waals surface area (Å²) in [5, 5.41) is 0. The van der Waals surface area contributed by atoms with Crippen LogP contribution in [-0.4, -0.2) is 0 Å². The van der Waals surface area contributed by atoms with Gasteiger partial charge >= 0.3 is 0 Å². The highest BCUT2D eigenvalue weighted by Gasteiger charge is 2.32. The van der Waals surface area contributed by atoms with E-state index in [0.29, 0.717) is 17.8 Å². The van der Waals surface area contributed by atoms with Crippen molar-refractivity contribution in [2.24, 2.45) is 0 Å². The lowest BCUT2D eigenvalue weighted by atomic mass is 9.86. The summed E-state index contributed by atoms with van der Waals surface area (Å²) in [5.74, 6) is 1.80. The Bertz CT molecular complexity index is 787. The van der Waals surface area contributed by atoms with E-state index in [0.717, 1.165) is 0 Å². The second-order valence-corrected chi connectivity index (χ2v) is 7.07. The molecule has 0 heteroatoms. The molecule has 0 fully saturated rings. The molecule has 3 aromatic rings. The number of fused-ring (bicyclic) bond motifs is 1. The summed E-state index contributed by atoms with van der Waals surface area (Å²) in [6, 6.07) is 31.0. The highest BCUT2D eigenvalue weighted by molar-refractivity contribution is 5.45. The van der Waals surface area contributed by atoms with E-state index in [-0.39, 0.29) is 0 Å². The van der Waals surface area contributed by atoms with Crippen LogP contribution in [-0.2, 0) is 0 Å². The van der Waals surface area contributed by atoms with Crippen molar-refractivity contribution in [2.75, 3.05) is 0 Å². The quantitative estimate of drug-likeness (QED) is 0.516. The van der Waals surface area contributed by atoms with Crippen LogP contribution in [0, 0.1) is 0 Å². The highest BCUT2D eigenvalue weighted by atomic mass is 14.4. The minimum Gasteiger partial charge on any atom is -0.0622 e. The summed E-state index contributed by atoms with van der Waals surface area (Å²) in [6.07, 6.45) is 2.46. The highest BCUT2D eigenvalue weighted by Crippen LogP contribution is 2.48. The smallest absolute Gasteiger partial charge is 0.00979 e. The molecule has 0 spiro atoms. The maximum atomic E-state index is 2.37. The minimum absolute atomic E-state index is 0.551. The van der Waals surface area contributed by atoms with Crippen LogP contribution in [0.15, 0.2) is 84.9 Å². The predicted octanol–water partition coefficient (Wildman–Crippen LogP) is 6.50. The monoisotopic (exact) mass is 312 g/mol. The largest absolute Gasteiger partial charge is 0.0622 e. The molecule has 24 heavy (non-hydrogen) atoms. The van der Waals surface area contributed by atoms with E-state index >= 15 is 0 Å². The summed E-state index contributed by atoms with van der Waals surface area (Å²) in [6.45, 7) is 2.37. The molecule has 0 aliphatic heterocycles. The standard InChI is InChI=1S/C24H24/c1-18(19-10-4-2-5-11-19)16-21-17-24(20-12-6-3-7-13-20)23-15-9-8-14-22(21)23/h2-15,18,21,24H,16-17H2,1H3/t18-,21+,24+/m1/s1. The average Bonchev–Trinajstić information content (AvgIpc) is 3.02. The maximum Gasteiger partial charge on any atom is 0.00979 e. The zero-order valence-electron chi connectivity index (χ0n) is 14.2. The maximum absolute atomic E-state index is 2.37. The first-order valence-corrected chi connectivity index (χ1v) is 9.01. The summed E-state index contributed by atoms with van der Waals surface area (Å²) in [7, 11) is 0. The third kappa shape index (κ3) is 2.89. The van der Waals surface area contributed by atoms with Gasteiger partial charge in [-0.15, -0.1) is 0 Å². The van der Waals surface area contributed by atoms with Crippen molar-refractivity contribution >= 4 is 0 Å². The van der Waals surface area contributed by atoms with Gasteiger partial charge in [-0.1, -0.05) is 91.9 Å². The van der Waals surface area contributed by atoms with E-state index in [1.54, 1.807) is 5.56 Å². The van der Waals surface area contributed by atoms with Gasteiger partial charge in [-0.3, -0.25) is 0 Å². The Morgan fingerprint density at radius 2 is 1.33 bits per heavy atom. The topological polar surface area (TPSA) is 0 Å². The molecule has 0 saturated carbocycles. The molecule has 0 N–H and O–H groups in total. The Kier molecular flexibility index (Phi) is 4.21.